The lowest BCUT2D eigenvalue weighted by atomic mass is 10.1. The van der Waals surface area contributed by atoms with Gasteiger partial charge in [-0.25, -0.2) is 0 Å². The third-order valence-corrected chi connectivity index (χ3v) is 8.65. The number of thiazole rings is 1. The van der Waals surface area contributed by atoms with Crippen LogP contribution in [0.3, 0.4) is 0 Å². The van der Waals surface area contributed by atoms with Crippen molar-refractivity contribution in [2.24, 2.45) is 0 Å². The molecular formula is C31H26Cl2N4O2S. The molecule has 0 bridgehead atoms. The van der Waals surface area contributed by atoms with Crippen molar-refractivity contribution in [1.29, 1.82) is 0 Å². The summed E-state index contributed by atoms with van der Waals surface area (Å²) >= 11 is 14.1. The first-order chi connectivity index (χ1) is 19.3. The molecule has 0 saturated heterocycles. The van der Waals surface area contributed by atoms with E-state index in [1.807, 2.05) is 85.5 Å². The number of halogens is 2. The summed E-state index contributed by atoms with van der Waals surface area (Å²) in [7, 11) is 4.02. The maximum Gasteiger partial charge on any atom is 0.269 e. The first-order valence-corrected chi connectivity index (χ1v) is 14.5. The Morgan fingerprint density at radius 2 is 1.77 bits per heavy atom. The minimum absolute atomic E-state index is 0.107. The summed E-state index contributed by atoms with van der Waals surface area (Å²) in [6.07, 6.45) is 4.68. The Morgan fingerprint density at radius 1 is 1.00 bits per heavy atom. The number of hydrogen-bond acceptors (Lipinski definition) is 4. The summed E-state index contributed by atoms with van der Waals surface area (Å²) in [5.74, 6) is -0.190. The summed E-state index contributed by atoms with van der Waals surface area (Å²) in [6, 6.07) is 21.0. The van der Waals surface area contributed by atoms with Crippen molar-refractivity contribution in [1.82, 2.24) is 14.0 Å². The zero-order valence-electron chi connectivity index (χ0n) is 21.9. The highest BCUT2D eigenvalue weighted by Gasteiger charge is 2.26. The molecule has 3 aromatic carbocycles. The number of fused-ring (bicyclic) bond motifs is 2. The Kier molecular flexibility index (Phi) is 7.15. The molecule has 40 heavy (non-hydrogen) atoms. The molecule has 9 heteroatoms. The van der Waals surface area contributed by atoms with Crippen LogP contribution < -0.4 is 20.1 Å². The van der Waals surface area contributed by atoms with Gasteiger partial charge >= 0.3 is 0 Å². The SMILES string of the molecule is CN(C)CCCn1c(=C2C(=O)Nc3ccccc32)sc(=Cc2cn(-c3ccc(Cl)cc3Cl)c3ccccc23)c1=O. The summed E-state index contributed by atoms with van der Waals surface area (Å²) in [6.45, 7) is 1.34. The van der Waals surface area contributed by atoms with Crippen molar-refractivity contribution in [3.8, 4) is 5.69 Å². The first kappa shape index (κ1) is 26.6. The average molecular weight is 590 g/mol. The van der Waals surface area contributed by atoms with E-state index >= 15 is 0 Å². The first-order valence-electron chi connectivity index (χ1n) is 12.9. The van der Waals surface area contributed by atoms with Gasteiger partial charge in [0, 0.05) is 40.0 Å². The zero-order valence-corrected chi connectivity index (χ0v) is 24.3. The lowest BCUT2D eigenvalue weighted by Gasteiger charge is -2.09. The van der Waals surface area contributed by atoms with Crippen molar-refractivity contribution in [2.75, 3.05) is 26.0 Å². The second-order valence-corrected chi connectivity index (χ2v) is 11.8. The van der Waals surface area contributed by atoms with Crippen molar-refractivity contribution in [2.45, 2.75) is 13.0 Å². The van der Waals surface area contributed by atoms with Gasteiger partial charge in [0.25, 0.3) is 11.5 Å². The van der Waals surface area contributed by atoms with Gasteiger partial charge in [-0.15, -0.1) is 11.3 Å². The fourth-order valence-electron chi connectivity index (χ4n) is 5.12. The van der Waals surface area contributed by atoms with Crippen LogP contribution in [0.4, 0.5) is 5.69 Å². The van der Waals surface area contributed by atoms with Crippen LogP contribution in [-0.4, -0.2) is 40.6 Å². The molecule has 1 N–H and O–H groups in total. The maximum absolute atomic E-state index is 13.9. The standard InChI is InChI=1S/C31H26Cl2N4O2S/c1-35(2)14-7-15-36-30(39)27(40-31(36)28-22-9-3-5-10-24(22)34-29(28)38)16-19-18-37(25-11-6-4-8-21(19)25)26-13-12-20(32)17-23(26)33/h3-6,8-13,16-18H,7,14-15H2,1-2H3,(H,34,38). The van der Waals surface area contributed by atoms with Crippen LogP contribution in [0, 0.1) is 0 Å². The Balaban J connectivity index is 1.58. The second kappa shape index (κ2) is 10.7. The molecule has 0 fully saturated rings. The number of nitrogens with one attached hydrogen (secondary N) is 1. The maximum atomic E-state index is 13.9. The van der Waals surface area contributed by atoms with E-state index in [2.05, 4.69) is 10.2 Å². The monoisotopic (exact) mass is 588 g/mol. The number of nitrogens with zero attached hydrogens (tertiary/aromatic N) is 3. The molecule has 202 valence electrons. The molecule has 0 spiro atoms. The summed E-state index contributed by atoms with van der Waals surface area (Å²) in [5.41, 5.74) is 4.65. The van der Waals surface area contributed by atoms with Gasteiger partial charge < -0.3 is 14.8 Å². The van der Waals surface area contributed by atoms with Gasteiger partial charge in [0.1, 0.15) is 4.66 Å². The van der Waals surface area contributed by atoms with E-state index in [-0.39, 0.29) is 11.5 Å². The third-order valence-electron chi connectivity index (χ3n) is 6.98. The lowest BCUT2D eigenvalue weighted by molar-refractivity contribution is -0.110. The van der Waals surface area contributed by atoms with Gasteiger partial charge in [0.15, 0.2) is 0 Å². The van der Waals surface area contributed by atoms with Gasteiger partial charge in [-0.2, -0.15) is 0 Å². The number of rotatable bonds is 6. The third kappa shape index (κ3) is 4.80. The van der Waals surface area contributed by atoms with E-state index in [9.17, 15) is 9.59 Å². The molecule has 3 heterocycles. The summed E-state index contributed by atoms with van der Waals surface area (Å²) in [4.78, 5) is 29.1. The minimum atomic E-state index is -0.190. The van der Waals surface area contributed by atoms with E-state index in [1.54, 1.807) is 16.7 Å². The molecule has 6 nitrogen and oxygen atoms in total. The minimum Gasteiger partial charge on any atom is -0.321 e. The Hall–Kier alpha value is -3.62. The molecule has 2 aromatic heterocycles. The normalized spacial score (nSPS) is 14.8. The van der Waals surface area contributed by atoms with E-state index in [0.717, 1.165) is 46.4 Å². The fraction of sp³-hybridized carbons (Fsp3) is 0.161. The topological polar surface area (TPSA) is 59.3 Å². The molecule has 0 saturated carbocycles. The van der Waals surface area contributed by atoms with Crippen LogP contribution in [-0.2, 0) is 11.3 Å². The van der Waals surface area contributed by atoms with E-state index < -0.39 is 0 Å². The number of anilines is 1. The molecule has 0 atom stereocenters. The lowest BCUT2D eigenvalue weighted by Crippen LogP contribution is -2.34. The number of benzene rings is 3. The Bertz CT molecular complexity index is 1970. The van der Waals surface area contributed by atoms with Crippen molar-refractivity contribution >= 4 is 68.7 Å². The average Bonchev–Trinajstić information content (AvgIpc) is 3.55. The molecule has 5 aromatic rings. The van der Waals surface area contributed by atoms with Crippen molar-refractivity contribution < 1.29 is 4.79 Å². The number of aromatic nitrogens is 2. The molecule has 1 amide bonds. The molecular weight excluding hydrogens is 563 g/mol. The highest BCUT2D eigenvalue weighted by atomic mass is 35.5. The Labute approximate surface area is 245 Å². The fourth-order valence-corrected chi connectivity index (χ4v) is 6.80. The molecule has 1 aliphatic heterocycles. The zero-order chi connectivity index (χ0) is 28.0. The van der Waals surface area contributed by atoms with Crippen LogP contribution in [0.2, 0.25) is 10.0 Å². The molecule has 0 radical (unpaired) electrons. The van der Waals surface area contributed by atoms with Crippen LogP contribution in [0.25, 0.3) is 28.2 Å². The van der Waals surface area contributed by atoms with Crippen LogP contribution in [0.15, 0.2) is 77.7 Å². The molecule has 0 aliphatic carbocycles. The summed E-state index contributed by atoms with van der Waals surface area (Å²) in [5, 5.41) is 5.03. The highest BCUT2D eigenvalue weighted by molar-refractivity contribution is 7.07. The molecule has 1 aliphatic rings. The van der Waals surface area contributed by atoms with E-state index in [1.165, 1.54) is 11.3 Å². The largest absolute Gasteiger partial charge is 0.321 e. The van der Waals surface area contributed by atoms with Gasteiger partial charge in [-0.3, -0.25) is 14.2 Å². The van der Waals surface area contributed by atoms with E-state index in [4.69, 9.17) is 23.2 Å². The summed E-state index contributed by atoms with van der Waals surface area (Å²) < 4.78 is 5.00. The van der Waals surface area contributed by atoms with Gasteiger partial charge in [0.05, 0.1) is 26.3 Å². The van der Waals surface area contributed by atoms with Gasteiger partial charge in [-0.1, -0.05) is 59.6 Å². The van der Waals surface area contributed by atoms with Gasteiger partial charge in [-0.05, 0) is 63.5 Å². The number of amides is 1. The number of hydrogen-bond donors (Lipinski definition) is 1. The van der Waals surface area contributed by atoms with E-state index in [0.29, 0.717) is 31.4 Å². The predicted octanol–water partition coefficient (Wildman–Crippen LogP) is 5.09. The second-order valence-electron chi connectivity index (χ2n) is 9.97. The molecule has 6 rings (SSSR count). The number of para-hydroxylation sites is 2. The quantitative estimate of drug-likeness (QED) is 0.300. The smallest absolute Gasteiger partial charge is 0.269 e. The number of carbonyl (C=O) groups excluding carboxylic acids is 1. The van der Waals surface area contributed by atoms with Crippen LogP contribution in [0.5, 0.6) is 0 Å². The van der Waals surface area contributed by atoms with Crippen molar-refractivity contribution in [3.05, 3.63) is 114 Å². The van der Waals surface area contributed by atoms with Gasteiger partial charge in [0.2, 0.25) is 0 Å². The number of carbonyl (C=O) groups is 1. The predicted molar refractivity (Wildman–Crippen MR) is 165 cm³/mol. The van der Waals surface area contributed by atoms with Crippen LogP contribution in [0.1, 0.15) is 17.5 Å². The van der Waals surface area contributed by atoms with Crippen LogP contribution >= 0.6 is 34.5 Å². The van der Waals surface area contributed by atoms with Crippen molar-refractivity contribution in [3.63, 3.8) is 0 Å². The Morgan fingerprint density at radius 3 is 2.58 bits per heavy atom. The molecule has 0 unspecified atom stereocenters. The highest BCUT2D eigenvalue weighted by Crippen LogP contribution is 2.31.